The summed E-state index contributed by atoms with van der Waals surface area (Å²) in [6.07, 6.45) is 4.90. The molecule has 0 spiro atoms. The van der Waals surface area contributed by atoms with E-state index in [0.29, 0.717) is 13.2 Å². The van der Waals surface area contributed by atoms with Gasteiger partial charge in [0.1, 0.15) is 0 Å². The zero-order valence-corrected chi connectivity index (χ0v) is 17.4. The lowest BCUT2D eigenvalue weighted by Crippen LogP contribution is -2.42. The summed E-state index contributed by atoms with van der Waals surface area (Å²) in [5, 5.41) is 0.168. The van der Waals surface area contributed by atoms with Crippen molar-refractivity contribution >= 4 is 8.32 Å². The lowest BCUT2D eigenvalue weighted by atomic mass is 10.1. The molecule has 6 heteroatoms. The van der Waals surface area contributed by atoms with Crippen molar-refractivity contribution in [1.82, 2.24) is 4.98 Å². The van der Waals surface area contributed by atoms with E-state index in [1.807, 2.05) is 12.1 Å². The van der Waals surface area contributed by atoms with Crippen molar-refractivity contribution < 1.29 is 13.9 Å². The Labute approximate surface area is 153 Å². The van der Waals surface area contributed by atoms with Crippen LogP contribution in [0.5, 0.6) is 0 Å². The highest BCUT2D eigenvalue weighted by Gasteiger charge is 2.37. The summed E-state index contributed by atoms with van der Waals surface area (Å²) in [4.78, 5) is 4.49. The van der Waals surface area contributed by atoms with Crippen LogP contribution in [0.25, 0.3) is 0 Å². The zero-order valence-electron chi connectivity index (χ0n) is 16.4. The van der Waals surface area contributed by atoms with Gasteiger partial charge in [0.15, 0.2) is 14.6 Å². The molecule has 0 amide bonds. The van der Waals surface area contributed by atoms with E-state index in [4.69, 9.17) is 19.6 Å². The molecule has 0 bridgehead atoms. The highest BCUT2D eigenvalue weighted by atomic mass is 28.4. The number of nitrogens with zero attached hydrogens (tertiary/aromatic N) is 1. The van der Waals surface area contributed by atoms with Gasteiger partial charge in [-0.15, -0.1) is 0 Å². The second-order valence-electron chi connectivity index (χ2n) is 8.33. The van der Waals surface area contributed by atoms with Crippen molar-refractivity contribution in [1.29, 1.82) is 0 Å². The first-order valence-corrected chi connectivity index (χ1v) is 12.2. The molecule has 2 rings (SSSR count). The number of pyridine rings is 1. The largest absolute Gasteiger partial charge is 0.415 e. The van der Waals surface area contributed by atoms with Gasteiger partial charge in [-0.3, -0.25) is 4.98 Å². The third kappa shape index (κ3) is 5.86. The first kappa shape index (κ1) is 20.5. The molecule has 1 aromatic heterocycles. The van der Waals surface area contributed by atoms with Gasteiger partial charge in [0.25, 0.3) is 0 Å². The van der Waals surface area contributed by atoms with Crippen LogP contribution < -0.4 is 5.73 Å². The van der Waals surface area contributed by atoms with Gasteiger partial charge in [0.05, 0.1) is 24.9 Å². The highest BCUT2D eigenvalue weighted by Crippen LogP contribution is 2.37. The molecular formula is C19H34N2O3Si. The second-order valence-corrected chi connectivity index (χ2v) is 13.1. The fourth-order valence-corrected chi connectivity index (χ4v) is 3.55. The number of nitrogens with two attached hydrogens (primary N) is 1. The summed E-state index contributed by atoms with van der Waals surface area (Å²) in [6.45, 7) is 12.9. The molecule has 1 saturated heterocycles. The third-order valence-corrected chi connectivity index (χ3v) is 9.77. The molecule has 5 nitrogen and oxygen atoms in total. The lowest BCUT2D eigenvalue weighted by Gasteiger charge is -2.37. The van der Waals surface area contributed by atoms with Crippen molar-refractivity contribution in [2.45, 2.75) is 77.1 Å². The predicted molar refractivity (Wildman–Crippen MR) is 103 cm³/mol. The lowest BCUT2D eigenvalue weighted by molar-refractivity contribution is -0.169. The van der Waals surface area contributed by atoms with Crippen molar-refractivity contribution in [3.05, 3.63) is 29.6 Å². The Bertz CT molecular complexity index is 540. The maximum atomic E-state index is 6.40. The van der Waals surface area contributed by atoms with E-state index in [1.165, 1.54) is 0 Å². The Morgan fingerprint density at radius 2 is 2.12 bits per heavy atom. The summed E-state index contributed by atoms with van der Waals surface area (Å²) in [7, 11) is -1.82. The third-order valence-electron chi connectivity index (χ3n) is 5.27. The fraction of sp³-hybridized carbons (Fsp3) is 0.737. The van der Waals surface area contributed by atoms with Gasteiger partial charge in [-0.2, -0.15) is 0 Å². The van der Waals surface area contributed by atoms with Crippen molar-refractivity contribution in [2.75, 3.05) is 13.2 Å². The molecule has 0 aliphatic carbocycles. The first-order valence-electron chi connectivity index (χ1n) is 9.27. The molecule has 1 aliphatic rings. The number of hydrogen-bond donors (Lipinski definition) is 1. The van der Waals surface area contributed by atoms with Gasteiger partial charge >= 0.3 is 0 Å². The first-order chi connectivity index (χ1) is 11.7. The molecule has 1 fully saturated rings. The maximum Gasteiger partial charge on any atom is 0.192 e. The van der Waals surface area contributed by atoms with E-state index < -0.39 is 8.32 Å². The van der Waals surface area contributed by atoms with Gasteiger partial charge in [0, 0.05) is 18.4 Å². The van der Waals surface area contributed by atoms with Crippen LogP contribution in [0.2, 0.25) is 18.1 Å². The molecule has 0 radical (unpaired) electrons. The van der Waals surface area contributed by atoms with E-state index in [2.05, 4.69) is 38.8 Å². The summed E-state index contributed by atoms with van der Waals surface area (Å²) in [5.41, 5.74) is 8.28. The van der Waals surface area contributed by atoms with E-state index in [0.717, 1.165) is 37.1 Å². The highest BCUT2D eigenvalue weighted by molar-refractivity contribution is 6.74. The van der Waals surface area contributed by atoms with Gasteiger partial charge in [-0.25, -0.2) is 0 Å². The summed E-state index contributed by atoms with van der Waals surface area (Å²) in [6, 6.07) is 3.70. The Kier molecular flexibility index (Phi) is 7.16. The monoisotopic (exact) mass is 366 g/mol. The van der Waals surface area contributed by atoms with Crippen molar-refractivity contribution in [3.63, 3.8) is 0 Å². The SMILES string of the molecule is CC(C)(C)[Si](C)(C)OC[C@@H](N)c1ncccc1CO[C@H]1CCCCO1. The molecule has 0 aromatic carbocycles. The van der Waals surface area contributed by atoms with Crippen molar-refractivity contribution in [3.8, 4) is 0 Å². The van der Waals surface area contributed by atoms with E-state index in [1.54, 1.807) is 6.20 Å². The number of aromatic nitrogens is 1. The summed E-state index contributed by atoms with van der Waals surface area (Å²) >= 11 is 0. The van der Waals surface area contributed by atoms with Gasteiger partial charge in [0.2, 0.25) is 0 Å². The standard InChI is InChI=1S/C19H34N2O3Si/c1-19(2,3)25(4,5)24-14-16(20)18-15(9-8-11-21-18)13-23-17-10-6-7-12-22-17/h8-9,11,16-17H,6-7,10,12-14,20H2,1-5H3/t16-,17+/m1/s1. The van der Waals surface area contributed by atoms with Crippen LogP contribution in [-0.4, -0.2) is 32.8 Å². The second kappa shape index (κ2) is 8.73. The number of hydrogen-bond acceptors (Lipinski definition) is 5. The number of rotatable bonds is 7. The Hall–Kier alpha value is -0.793. The van der Waals surface area contributed by atoms with E-state index >= 15 is 0 Å². The quantitative estimate of drug-likeness (QED) is 0.734. The van der Waals surface area contributed by atoms with Crippen LogP contribution >= 0.6 is 0 Å². The smallest absolute Gasteiger partial charge is 0.192 e. The molecule has 1 aliphatic heterocycles. The van der Waals surface area contributed by atoms with Crippen LogP contribution in [0.4, 0.5) is 0 Å². The normalized spacial score (nSPS) is 20.5. The van der Waals surface area contributed by atoms with Gasteiger partial charge in [-0.1, -0.05) is 26.8 Å². The van der Waals surface area contributed by atoms with E-state index in [-0.39, 0.29) is 17.4 Å². The minimum atomic E-state index is -1.82. The zero-order chi connectivity index (χ0) is 18.5. The molecular weight excluding hydrogens is 332 g/mol. The molecule has 0 unspecified atom stereocenters. The average Bonchev–Trinajstić information content (AvgIpc) is 2.58. The predicted octanol–water partition coefficient (Wildman–Crippen LogP) is 4.15. The fourth-order valence-electron chi connectivity index (χ4n) is 2.53. The molecule has 0 saturated carbocycles. The van der Waals surface area contributed by atoms with Crippen LogP contribution in [0, 0.1) is 0 Å². The molecule has 25 heavy (non-hydrogen) atoms. The Morgan fingerprint density at radius 3 is 2.76 bits per heavy atom. The molecule has 2 atom stereocenters. The summed E-state index contributed by atoms with van der Waals surface area (Å²) in [5.74, 6) is 0. The minimum Gasteiger partial charge on any atom is -0.415 e. The molecule has 1 aromatic rings. The van der Waals surface area contributed by atoms with Crippen molar-refractivity contribution in [2.24, 2.45) is 5.73 Å². The van der Waals surface area contributed by atoms with Crippen LogP contribution in [0.3, 0.4) is 0 Å². The van der Waals surface area contributed by atoms with Crippen LogP contribution in [0.1, 0.15) is 57.3 Å². The van der Waals surface area contributed by atoms with Crippen LogP contribution in [-0.2, 0) is 20.5 Å². The topological polar surface area (TPSA) is 66.6 Å². The molecule has 2 heterocycles. The maximum absolute atomic E-state index is 6.40. The van der Waals surface area contributed by atoms with Crippen LogP contribution in [0.15, 0.2) is 18.3 Å². The Balaban J connectivity index is 1.96. The summed E-state index contributed by atoms with van der Waals surface area (Å²) < 4.78 is 17.8. The number of ether oxygens (including phenoxy) is 2. The minimum absolute atomic E-state index is 0.110. The average molecular weight is 367 g/mol. The van der Waals surface area contributed by atoms with Gasteiger partial charge in [-0.05, 0) is 43.5 Å². The van der Waals surface area contributed by atoms with Gasteiger partial charge < -0.3 is 19.6 Å². The molecule has 2 N–H and O–H groups in total. The Morgan fingerprint density at radius 1 is 1.36 bits per heavy atom. The van der Waals surface area contributed by atoms with E-state index in [9.17, 15) is 0 Å². The molecule has 142 valence electrons.